The number of nitrogens with zero attached hydrogens (tertiary/aromatic N) is 1. The molecule has 5 heteroatoms. The molecule has 0 aliphatic heterocycles. The van der Waals surface area contributed by atoms with E-state index in [4.69, 9.17) is 10.2 Å². The molecule has 1 amide bonds. The van der Waals surface area contributed by atoms with E-state index in [0.29, 0.717) is 11.5 Å². The average molecular weight is 191 g/mol. The van der Waals surface area contributed by atoms with E-state index in [0.717, 1.165) is 5.76 Å². The Labute approximate surface area is 79.9 Å². The SMILES string of the molecule is Cc1ccc(-c2cnc(C(N)=O)[nH]2)o1. The van der Waals surface area contributed by atoms with E-state index in [1.807, 2.05) is 13.0 Å². The molecule has 0 bridgehead atoms. The standard InChI is InChI=1S/C9H9N3O2/c1-5-2-3-7(14-5)6-4-11-9(12-6)8(10)13/h2-4H,1H3,(H2,10,13)(H,11,12). The first-order chi connectivity index (χ1) is 6.66. The molecule has 0 fully saturated rings. The van der Waals surface area contributed by atoms with Gasteiger partial charge in [0.2, 0.25) is 0 Å². The Morgan fingerprint density at radius 2 is 2.36 bits per heavy atom. The zero-order valence-corrected chi connectivity index (χ0v) is 7.57. The summed E-state index contributed by atoms with van der Waals surface area (Å²) in [5.74, 6) is 0.992. The van der Waals surface area contributed by atoms with Gasteiger partial charge in [0.1, 0.15) is 11.5 Å². The fourth-order valence-corrected chi connectivity index (χ4v) is 1.15. The lowest BCUT2D eigenvalue weighted by Gasteiger charge is -1.89. The number of imidazole rings is 1. The van der Waals surface area contributed by atoms with Gasteiger partial charge in [0.25, 0.3) is 5.91 Å². The number of nitrogens with one attached hydrogen (secondary N) is 1. The number of carbonyl (C=O) groups is 1. The van der Waals surface area contributed by atoms with Crippen LogP contribution in [0, 0.1) is 6.92 Å². The fourth-order valence-electron chi connectivity index (χ4n) is 1.15. The summed E-state index contributed by atoms with van der Waals surface area (Å²) in [6, 6.07) is 3.63. The predicted octanol–water partition coefficient (Wildman–Crippen LogP) is 1.08. The normalized spacial score (nSPS) is 10.4. The number of rotatable bonds is 2. The lowest BCUT2D eigenvalue weighted by atomic mass is 10.3. The van der Waals surface area contributed by atoms with Gasteiger partial charge in [-0.15, -0.1) is 0 Å². The molecule has 0 unspecified atom stereocenters. The number of H-pyrrole nitrogens is 1. The molecule has 2 aromatic rings. The third kappa shape index (κ3) is 1.39. The lowest BCUT2D eigenvalue weighted by Crippen LogP contribution is -2.12. The number of furan rings is 1. The summed E-state index contributed by atoms with van der Waals surface area (Å²) in [6.45, 7) is 1.84. The Kier molecular flexibility index (Phi) is 1.85. The molecule has 2 heterocycles. The number of aryl methyl sites for hydroxylation is 1. The number of aromatic nitrogens is 2. The van der Waals surface area contributed by atoms with Gasteiger partial charge in [0.15, 0.2) is 11.6 Å². The van der Waals surface area contributed by atoms with Crippen LogP contribution in [0.2, 0.25) is 0 Å². The van der Waals surface area contributed by atoms with Crippen molar-refractivity contribution < 1.29 is 9.21 Å². The van der Waals surface area contributed by atoms with Gasteiger partial charge in [-0.3, -0.25) is 4.79 Å². The highest BCUT2D eigenvalue weighted by molar-refractivity contribution is 5.89. The van der Waals surface area contributed by atoms with E-state index in [-0.39, 0.29) is 5.82 Å². The Bertz CT molecular complexity index is 470. The summed E-state index contributed by atoms with van der Waals surface area (Å²) in [7, 11) is 0. The van der Waals surface area contributed by atoms with Crippen LogP contribution in [0.1, 0.15) is 16.4 Å². The second-order valence-corrected chi connectivity index (χ2v) is 2.92. The molecule has 0 aromatic carbocycles. The quantitative estimate of drug-likeness (QED) is 0.744. The van der Waals surface area contributed by atoms with Crippen molar-refractivity contribution in [1.82, 2.24) is 9.97 Å². The molecule has 0 aliphatic carbocycles. The molecule has 3 N–H and O–H groups in total. The van der Waals surface area contributed by atoms with Gasteiger partial charge in [0, 0.05) is 0 Å². The summed E-state index contributed by atoms with van der Waals surface area (Å²) in [6.07, 6.45) is 1.51. The molecule has 72 valence electrons. The Hall–Kier alpha value is -2.04. The number of primary amides is 1. The molecule has 2 rings (SSSR count). The Morgan fingerprint density at radius 1 is 1.57 bits per heavy atom. The van der Waals surface area contributed by atoms with Crippen molar-refractivity contribution in [1.29, 1.82) is 0 Å². The van der Waals surface area contributed by atoms with Crippen molar-refractivity contribution in [3.8, 4) is 11.5 Å². The van der Waals surface area contributed by atoms with Crippen LogP contribution in [0.15, 0.2) is 22.7 Å². The summed E-state index contributed by atoms with van der Waals surface area (Å²) >= 11 is 0. The van der Waals surface area contributed by atoms with Crippen molar-refractivity contribution in [2.45, 2.75) is 6.92 Å². The van der Waals surface area contributed by atoms with Crippen LogP contribution in [0.5, 0.6) is 0 Å². The first-order valence-electron chi connectivity index (χ1n) is 4.08. The Balaban J connectivity index is 2.38. The number of amides is 1. The van der Waals surface area contributed by atoms with E-state index in [9.17, 15) is 4.79 Å². The summed E-state index contributed by atoms with van der Waals surface area (Å²) in [5.41, 5.74) is 5.69. The van der Waals surface area contributed by atoms with Crippen LogP contribution in [0.4, 0.5) is 0 Å². The van der Waals surface area contributed by atoms with Crippen molar-refractivity contribution in [2.75, 3.05) is 0 Å². The smallest absolute Gasteiger partial charge is 0.284 e. The van der Waals surface area contributed by atoms with Crippen molar-refractivity contribution in [3.05, 3.63) is 29.9 Å². The largest absolute Gasteiger partial charge is 0.460 e. The van der Waals surface area contributed by atoms with Gasteiger partial charge in [-0.2, -0.15) is 0 Å². The van der Waals surface area contributed by atoms with Crippen LogP contribution in [-0.4, -0.2) is 15.9 Å². The van der Waals surface area contributed by atoms with Crippen LogP contribution >= 0.6 is 0 Å². The maximum atomic E-state index is 10.7. The summed E-state index contributed by atoms with van der Waals surface area (Å²) < 4.78 is 5.34. The van der Waals surface area contributed by atoms with Crippen LogP contribution in [0.3, 0.4) is 0 Å². The lowest BCUT2D eigenvalue weighted by molar-refractivity contribution is 0.0991. The number of nitrogens with two attached hydrogens (primary N) is 1. The van der Waals surface area contributed by atoms with E-state index in [1.54, 1.807) is 6.07 Å². The highest BCUT2D eigenvalue weighted by Gasteiger charge is 2.09. The second kappa shape index (κ2) is 3.02. The van der Waals surface area contributed by atoms with Gasteiger partial charge in [0.05, 0.1) is 6.20 Å². The van der Waals surface area contributed by atoms with Gasteiger partial charge in [-0.1, -0.05) is 0 Å². The van der Waals surface area contributed by atoms with E-state index < -0.39 is 5.91 Å². The van der Waals surface area contributed by atoms with Crippen LogP contribution < -0.4 is 5.73 Å². The zero-order chi connectivity index (χ0) is 10.1. The zero-order valence-electron chi connectivity index (χ0n) is 7.57. The maximum Gasteiger partial charge on any atom is 0.284 e. The number of aromatic amines is 1. The Morgan fingerprint density at radius 3 is 2.86 bits per heavy atom. The molecular weight excluding hydrogens is 182 g/mol. The number of hydrogen-bond acceptors (Lipinski definition) is 3. The second-order valence-electron chi connectivity index (χ2n) is 2.92. The van der Waals surface area contributed by atoms with Gasteiger partial charge < -0.3 is 15.1 Å². The van der Waals surface area contributed by atoms with Gasteiger partial charge in [-0.25, -0.2) is 4.98 Å². The first-order valence-corrected chi connectivity index (χ1v) is 4.08. The van der Waals surface area contributed by atoms with E-state index >= 15 is 0 Å². The van der Waals surface area contributed by atoms with Crippen LogP contribution in [0.25, 0.3) is 11.5 Å². The molecule has 14 heavy (non-hydrogen) atoms. The molecule has 0 saturated heterocycles. The molecule has 5 nitrogen and oxygen atoms in total. The predicted molar refractivity (Wildman–Crippen MR) is 49.5 cm³/mol. The minimum absolute atomic E-state index is 0.133. The molecule has 0 spiro atoms. The topological polar surface area (TPSA) is 84.9 Å². The number of hydrogen-bond donors (Lipinski definition) is 2. The molecule has 2 aromatic heterocycles. The van der Waals surface area contributed by atoms with Crippen LogP contribution in [-0.2, 0) is 0 Å². The van der Waals surface area contributed by atoms with E-state index in [1.165, 1.54) is 6.20 Å². The maximum absolute atomic E-state index is 10.7. The molecular formula is C9H9N3O2. The minimum atomic E-state index is -0.584. The third-order valence-corrected chi connectivity index (χ3v) is 1.82. The average Bonchev–Trinajstić information content (AvgIpc) is 2.70. The third-order valence-electron chi connectivity index (χ3n) is 1.82. The number of carbonyl (C=O) groups excluding carboxylic acids is 1. The molecule has 0 atom stereocenters. The van der Waals surface area contributed by atoms with E-state index in [2.05, 4.69) is 9.97 Å². The fraction of sp³-hybridized carbons (Fsp3) is 0.111. The summed E-state index contributed by atoms with van der Waals surface area (Å²) in [4.78, 5) is 17.3. The highest BCUT2D eigenvalue weighted by atomic mass is 16.3. The van der Waals surface area contributed by atoms with Gasteiger partial charge in [-0.05, 0) is 19.1 Å². The van der Waals surface area contributed by atoms with Crippen molar-refractivity contribution >= 4 is 5.91 Å². The van der Waals surface area contributed by atoms with Crippen molar-refractivity contribution in [2.24, 2.45) is 5.73 Å². The van der Waals surface area contributed by atoms with Gasteiger partial charge >= 0.3 is 0 Å². The molecule has 0 saturated carbocycles. The van der Waals surface area contributed by atoms with Crippen molar-refractivity contribution in [3.63, 3.8) is 0 Å². The molecule has 0 radical (unpaired) electrons. The first kappa shape index (κ1) is 8.55. The minimum Gasteiger partial charge on any atom is -0.460 e. The summed E-state index contributed by atoms with van der Waals surface area (Å²) in [5, 5.41) is 0. The highest BCUT2D eigenvalue weighted by Crippen LogP contribution is 2.19. The molecule has 0 aliphatic rings. The monoisotopic (exact) mass is 191 g/mol.